The van der Waals surface area contributed by atoms with E-state index in [0.717, 1.165) is 0 Å². The Balaban J connectivity index is 1.66. The van der Waals surface area contributed by atoms with Crippen LogP contribution in [0.15, 0.2) is 33.5 Å². The monoisotopic (exact) mass is 368 g/mol. The number of aromatic hydroxyl groups is 1. The fourth-order valence-electron chi connectivity index (χ4n) is 2.84. The largest absolute Gasteiger partial charge is 0.508 e. The molecule has 5 N–H and O–H groups in total. The number of hydrogen-bond acceptors (Lipinski definition) is 9. The molecule has 26 heavy (non-hydrogen) atoms. The van der Waals surface area contributed by atoms with E-state index in [0.29, 0.717) is 10.9 Å². The van der Waals surface area contributed by atoms with E-state index in [4.69, 9.17) is 19.0 Å². The van der Waals surface area contributed by atoms with Gasteiger partial charge in [0.05, 0.1) is 13.2 Å². The molecular formula is C17H20O9. The highest BCUT2D eigenvalue weighted by Crippen LogP contribution is 2.26. The molecule has 3 rings (SSSR count). The molecule has 0 radical (unpaired) electrons. The van der Waals surface area contributed by atoms with Crippen LogP contribution in [0.1, 0.15) is 5.56 Å². The lowest BCUT2D eigenvalue weighted by Crippen LogP contribution is -2.59. The zero-order valence-corrected chi connectivity index (χ0v) is 13.7. The summed E-state index contributed by atoms with van der Waals surface area (Å²) >= 11 is 0. The van der Waals surface area contributed by atoms with Crippen molar-refractivity contribution in [3.8, 4) is 5.75 Å². The van der Waals surface area contributed by atoms with Crippen molar-refractivity contribution in [3.63, 3.8) is 0 Å². The third kappa shape index (κ3) is 3.73. The van der Waals surface area contributed by atoms with E-state index in [9.17, 15) is 25.2 Å². The Hall–Kier alpha value is -2.01. The van der Waals surface area contributed by atoms with Gasteiger partial charge in [0.1, 0.15) is 35.7 Å². The van der Waals surface area contributed by atoms with Gasteiger partial charge in [0.2, 0.25) is 0 Å². The van der Waals surface area contributed by atoms with Crippen molar-refractivity contribution in [2.24, 2.45) is 0 Å². The topological polar surface area (TPSA) is 150 Å². The van der Waals surface area contributed by atoms with Crippen LogP contribution in [-0.4, -0.2) is 69.5 Å². The van der Waals surface area contributed by atoms with Crippen molar-refractivity contribution in [3.05, 3.63) is 40.2 Å². The third-order valence-electron chi connectivity index (χ3n) is 4.32. The molecule has 1 aromatic heterocycles. The van der Waals surface area contributed by atoms with Crippen molar-refractivity contribution in [1.82, 2.24) is 0 Å². The Bertz CT molecular complexity index is 815. The number of aliphatic hydroxyl groups excluding tert-OH is 4. The number of hydrogen-bond donors (Lipinski definition) is 5. The quantitative estimate of drug-likeness (QED) is 0.413. The molecule has 0 saturated carbocycles. The highest BCUT2D eigenvalue weighted by Gasteiger charge is 2.43. The van der Waals surface area contributed by atoms with Crippen LogP contribution in [-0.2, 0) is 15.9 Å². The molecule has 0 bridgehead atoms. The Morgan fingerprint density at radius 1 is 1.08 bits per heavy atom. The first-order valence-corrected chi connectivity index (χ1v) is 8.08. The van der Waals surface area contributed by atoms with Gasteiger partial charge in [-0.1, -0.05) is 0 Å². The molecule has 1 aliphatic heterocycles. The maximum atomic E-state index is 11.2. The van der Waals surface area contributed by atoms with Crippen LogP contribution in [0.3, 0.4) is 0 Å². The number of phenolic OH excluding ortho intramolecular Hbond substituents is 1. The fraction of sp³-hybridized carbons (Fsp3) is 0.471. The van der Waals surface area contributed by atoms with Crippen LogP contribution in [0.5, 0.6) is 5.75 Å². The normalized spacial score (nSPS) is 29.2. The van der Waals surface area contributed by atoms with Gasteiger partial charge in [0.15, 0.2) is 6.29 Å². The second-order valence-corrected chi connectivity index (χ2v) is 6.09. The molecule has 1 fully saturated rings. The SMILES string of the molecule is O=c1ccc2cc(CCOC3OC(CO)C(O)C(O)C3O)c(O)cc2o1. The first-order valence-electron chi connectivity index (χ1n) is 8.08. The zero-order valence-electron chi connectivity index (χ0n) is 13.7. The summed E-state index contributed by atoms with van der Waals surface area (Å²) in [5.74, 6) is -0.0794. The van der Waals surface area contributed by atoms with Gasteiger partial charge in [0.25, 0.3) is 0 Å². The Morgan fingerprint density at radius 3 is 2.58 bits per heavy atom. The van der Waals surface area contributed by atoms with Gasteiger partial charge in [0, 0.05) is 17.5 Å². The van der Waals surface area contributed by atoms with Crippen molar-refractivity contribution >= 4 is 11.0 Å². The highest BCUT2D eigenvalue weighted by atomic mass is 16.7. The van der Waals surface area contributed by atoms with Crippen molar-refractivity contribution < 1.29 is 39.4 Å². The van der Waals surface area contributed by atoms with E-state index in [2.05, 4.69) is 0 Å². The summed E-state index contributed by atoms with van der Waals surface area (Å²) in [7, 11) is 0. The fourth-order valence-corrected chi connectivity index (χ4v) is 2.84. The van der Waals surface area contributed by atoms with Crippen LogP contribution in [0, 0.1) is 0 Å². The standard InChI is InChI=1S/C17H20O9/c18-7-12-14(21)15(22)16(23)17(26-12)24-4-3-8-5-9-1-2-13(20)25-11(9)6-10(8)19/h1-2,5-6,12,14-19,21-23H,3-4,7H2. The van der Waals surface area contributed by atoms with Crippen LogP contribution >= 0.6 is 0 Å². The van der Waals surface area contributed by atoms with Crippen LogP contribution < -0.4 is 5.63 Å². The molecule has 1 aliphatic rings. The first-order chi connectivity index (χ1) is 12.4. The minimum Gasteiger partial charge on any atom is -0.508 e. The summed E-state index contributed by atoms with van der Waals surface area (Å²) in [6, 6.07) is 5.82. The van der Waals surface area contributed by atoms with Gasteiger partial charge in [-0.15, -0.1) is 0 Å². The molecule has 5 unspecified atom stereocenters. The summed E-state index contributed by atoms with van der Waals surface area (Å²) in [6.45, 7) is -0.514. The predicted molar refractivity (Wildman–Crippen MR) is 87.6 cm³/mol. The van der Waals surface area contributed by atoms with E-state index in [1.54, 1.807) is 12.1 Å². The molecule has 2 aromatic rings. The van der Waals surface area contributed by atoms with Crippen LogP contribution in [0.2, 0.25) is 0 Å². The van der Waals surface area contributed by atoms with E-state index >= 15 is 0 Å². The average molecular weight is 368 g/mol. The maximum Gasteiger partial charge on any atom is 0.336 e. The number of ether oxygens (including phenoxy) is 2. The maximum absolute atomic E-state index is 11.2. The molecule has 0 spiro atoms. The van der Waals surface area contributed by atoms with E-state index in [-0.39, 0.29) is 24.4 Å². The molecule has 2 heterocycles. The van der Waals surface area contributed by atoms with Crippen molar-refractivity contribution in [2.75, 3.05) is 13.2 Å². The first kappa shape index (κ1) is 18.8. The molecule has 9 heteroatoms. The molecule has 0 amide bonds. The summed E-state index contributed by atoms with van der Waals surface area (Å²) in [5.41, 5.74) is 0.264. The molecule has 1 aromatic carbocycles. The molecule has 5 atom stereocenters. The van der Waals surface area contributed by atoms with Gasteiger partial charge in [-0.2, -0.15) is 0 Å². The minimum absolute atomic E-state index is 0.0263. The molecule has 9 nitrogen and oxygen atoms in total. The molecule has 1 saturated heterocycles. The smallest absolute Gasteiger partial charge is 0.336 e. The number of benzene rings is 1. The Kier molecular flexibility index (Phi) is 5.56. The molecule has 142 valence electrons. The number of fused-ring (bicyclic) bond motifs is 1. The average Bonchev–Trinajstić information content (AvgIpc) is 2.62. The zero-order chi connectivity index (χ0) is 18.8. The summed E-state index contributed by atoms with van der Waals surface area (Å²) in [5, 5.41) is 49.2. The van der Waals surface area contributed by atoms with Gasteiger partial charge in [-0.25, -0.2) is 4.79 Å². The second kappa shape index (κ2) is 7.70. The van der Waals surface area contributed by atoms with Gasteiger partial charge < -0.3 is 39.4 Å². The van der Waals surface area contributed by atoms with Gasteiger partial charge >= 0.3 is 5.63 Å². The lowest BCUT2D eigenvalue weighted by atomic mass is 9.99. The van der Waals surface area contributed by atoms with Crippen molar-refractivity contribution in [2.45, 2.75) is 37.1 Å². The molecular weight excluding hydrogens is 348 g/mol. The number of rotatable bonds is 5. The second-order valence-electron chi connectivity index (χ2n) is 6.09. The summed E-state index contributed by atoms with van der Waals surface area (Å²) in [6.07, 6.45) is -6.47. The Labute approximate surface area is 147 Å². The number of phenols is 1. The number of aliphatic hydroxyl groups is 4. The van der Waals surface area contributed by atoms with Crippen LogP contribution in [0.25, 0.3) is 11.0 Å². The third-order valence-corrected chi connectivity index (χ3v) is 4.32. The van der Waals surface area contributed by atoms with Crippen molar-refractivity contribution in [1.29, 1.82) is 0 Å². The van der Waals surface area contributed by atoms with E-state index in [1.165, 1.54) is 12.1 Å². The predicted octanol–water partition coefficient (Wildman–Crippen LogP) is -1.14. The lowest BCUT2D eigenvalue weighted by molar-refractivity contribution is -0.300. The van der Waals surface area contributed by atoms with E-state index in [1.807, 2.05) is 0 Å². The lowest BCUT2D eigenvalue weighted by Gasteiger charge is -2.39. The van der Waals surface area contributed by atoms with Gasteiger partial charge in [-0.3, -0.25) is 0 Å². The van der Waals surface area contributed by atoms with Crippen LogP contribution in [0.4, 0.5) is 0 Å². The van der Waals surface area contributed by atoms with Gasteiger partial charge in [-0.05, 0) is 24.1 Å². The van der Waals surface area contributed by atoms with E-state index < -0.39 is 42.9 Å². The Morgan fingerprint density at radius 2 is 1.85 bits per heavy atom. The molecule has 0 aliphatic carbocycles. The highest BCUT2D eigenvalue weighted by molar-refractivity contribution is 5.79. The minimum atomic E-state index is -1.51. The summed E-state index contributed by atoms with van der Waals surface area (Å²) < 4.78 is 15.6. The summed E-state index contributed by atoms with van der Waals surface area (Å²) in [4.78, 5) is 11.2.